The van der Waals surface area contributed by atoms with Gasteiger partial charge in [-0.3, -0.25) is 4.99 Å². The van der Waals surface area contributed by atoms with E-state index in [0.29, 0.717) is 18.3 Å². The lowest BCUT2D eigenvalue weighted by Crippen LogP contribution is -2.23. The Balaban J connectivity index is 2.18. The van der Waals surface area contributed by atoms with Gasteiger partial charge in [0, 0.05) is 5.92 Å². The van der Waals surface area contributed by atoms with E-state index in [-0.39, 0.29) is 6.61 Å². The van der Waals surface area contributed by atoms with Crippen molar-refractivity contribution in [1.29, 1.82) is 0 Å². The smallest absolute Gasteiger partial charge is 0.404 e. The van der Waals surface area contributed by atoms with Gasteiger partial charge in [0.15, 0.2) is 0 Å². The number of nitrogens with two attached hydrogens (primary N) is 2. The summed E-state index contributed by atoms with van der Waals surface area (Å²) in [5.41, 5.74) is 10.6. The lowest BCUT2D eigenvalue weighted by molar-refractivity contribution is 0.160. The fourth-order valence-electron chi connectivity index (χ4n) is 1.67. The van der Waals surface area contributed by atoms with Crippen molar-refractivity contribution in [3.05, 3.63) is 0 Å². The van der Waals surface area contributed by atoms with Crippen molar-refractivity contribution >= 4 is 11.9 Å². The van der Waals surface area contributed by atoms with E-state index in [0.717, 1.165) is 12.8 Å². The second-order valence-electron chi connectivity index (χ2n) is 3.46. The third kappa shape index (κ3) is 3.64. The molecule has 0 heterocycles. The maximum atomic E-state index is 10.2. The quantitative estimate of drug-likeness (QED) is 0.395. The highest BCUT2D eigenvalue weighted by atomic mass is 16.5. The molecule has 1 saturated carbocycles. The normalized spacial score (nSPS) is 18.4. The van der Waals surface area contributed by atoms with E-state index in [1.165, 1.54) is 12.8 Å². The number of nitrogens with zero attached hydrogens (tertiary/aromatic N) is 1. The fourth-order valence-corrected chi connectivity index (χ4v) is 1.67. The van der Waals surface area contributed by atoms with Crippen LogP contribution < -0.4 is 11.5 Å². The van der Waals surface area contributed by atoms with Crippen molar-refractivity contribution < 1.29 is 9.53 Å². The predicted octanol–water partition coefficient (Wildman–Crippen LogP) is 0.629. The molecule has 1 aliphatic rings. The third-order valence-electron chi connectivity index (χ3n) is 2.40. The Morgan fingerprint density at radius 3 is 2.57 bits per heavy atom. The molecule has 0 aromatic carbocycles. The van der Waals surface area contributed by atoms with Gasteiger partial charge in [0.05, 0.1) is 12.4 Å². The van der Waals surface area contributed by atoms with Crippen LogP contribution in [-0.4, -0.2) is 25.1 Å². The lowest BCUT2D eigenvalue weighted by Gasteiger charge is -2.07. The van der Waals surface area contributed by atoms with Crippen LogP contribution in [0.2, 0.25) is 0 Å². The molecule has 14 heavy (non-hydrogen) atoms. The maximum Gasteiger partial charge on any atom is 0.404 e. The lowest BCUT2D eigenvalue weighted by atomic mass is 10.1. The number of primary amides is 1. The summed E-state index contributed by atoms with van der Waals surface area (Å²) in [6, 6.07) is 0. The minimum absolute atomic E-state index is 0.211. The van der Waals surface area contributed by atoms with Crippen LogP contribution in [0.25, 0.3) is 0 Å². The summed E-state index contributed by atoms with van der Waals surface area (Å²) < 4.78 is 4.53. The molecule has 5 heteroatoms. The molecule has 0 saturated heterocycles. The first-order chi connectivity index (χ1) is 6.70. The Labute approximate surface area is 83.5 Å². The van der Waals surface area contributed by atoms with Gasteiger partial charge in [0.1, 0.15) is 6.61 Å². The van der Waals surface area contributed by atoms with Crippen LogP contribution in [0.15, 0.2) is 4.99 Å². The number of carbonyl (C=O) groups excluding carboxylic acids is 1. The molecule has 1 fully saturated rings. The Morgan fingerprint density at radius 2 is 2.00 bits per heavy atom. The highest BCUT2D eigenvalue weighted by Gasteiger charge is 2.17. The summed E-state index contributed by atoms with van der Waals surface area (Å²) in [6.07, 6.45) is 3.97. The van der Waals surface area contributed by atoms with Gasteiger partial charge in [-0.15, -0.1) is 0 Å². The maximum absolute atomic E-state index is 10.2. The molecular formula is C9H17N3O2. The number of amides is 1. The first-order valence-electron chi connectivity index (χ1n) is 4.92. The van der Waals surface area contributed by atoms with Gasteiger partial charge < -0.3 is 16.2 Å². The van der Waals surface area contributed by atoms with Gasteiger partial charge >= 0.3 is 6.09 Å². The second kappa shape index (κ2) is 5.47. The van der Waals surface area contributed by atoms with Crippen LogP contribution in [0.5, 0.6) is 0 Å². The van der Waals surface area contributed by atoms with Crippen LogP contribution in [0, 0.1) is 5.92 Å². The third-order valence-corrected chi connectivity index (χ3v) is 2.40. The molecular weight excluding hydrogens is 182 g/mol. The molecule has 0 atom stereocenters. The molecule has 0 aliphatic heterocycles. The molecule has 0 unspecified atom stereocenters. The average Bonchev–Trinajstić information content (AvgIpc) is 2.64. The van der Waals surface area contributed by atoms with E-state index in [2.05, 4.69) is 9.73 Å². The van der Waals surface area contributed by atoms with Gasteiger partial charge in [0.25, 0.3) is 0 Å². The number of hydrogen-bond acceptors (Lipinski definition) is 3. The summed E-state index contributed by atoms with van der Waals surface area (Å²) in [7, 11) is 0. The Hall–Kier alpha value is -1.26. The van der Waals surface area contributed by atoms with Gasteiger partial charge in [-0.1, -0.05) is 12.8 Å². The molecule has 80 valence electrons. The number of ether oxygens (including phenoxy) is 1. The van der Waals surface area contributed by atoms with E-state index in [4.69, 9.17) is 11.5 Å². The molecule has 0 bridgehead atoms. The molecule has 0 spiro atoms. The minimum atomic E-state index is -0.764. The van der Waals surface area contributed by atoms with Crippen molar-refractivity contribution in [2.45, 2.75) is 25.7 Å². The van der Waals surface area contributed by atoms with Crippen molar-refractivity contribution in [2.24, 2.45) is 22.4 Å². The van der Waals surface area contributed by atoms with E-state index in [1.807, 2.05) is 0 Å². The van der Waals surface area contributed by atoms with Crippen LogP contribution >= 0.6 is 0 Å². The molecule has 0 radical (unpaired) electrons. The summed E-state index contributed by atoms with van der Waals surface area (Å²) >= 11 is 0. The van der Waals surface area contributed by atoms with Crippen molar-refractivity contribution in [3.8, 4) is 0 Å². The zero-order chi connectivity index (χ0) is 10.4. The highest BCUT2D eigenvalue weighted by molar-refractivity contribution is 5.83. The number of amidine groups is 1. The summed E-state index contributed by atoms with van der Waals surface area (Å²) in [5, 5.41) is 0. The molecule has 0 aromatic heterocycles. The predicted molar refractivity (Wildman–Crippen MR) is 54.0 cm³/mol. The topological polar surface area (TPSA) is 90.7 Å². The van der Waals surface area contributed by atoms with Gasteiger partial charge in [-0.05, 0) is 12.8 Å². The van der Waals surface area contributed by atoms with Crippen LogP contribution in [0.3, 0.4) is 0 Å². The molecule has 1 rings (SSSR count). The first-order valence-corrected chi connectivity index (χ1v) is 4.92. The standard InChI is InChI=1S/C9H17N3O2/c10-8(7-3-1-2-4-7)12-5-6-14-9(11)13/h7H,1-6H2,(H2,10,12)(H2,11,13). The van der Waals surface area contributed by atoms with E-state index in [9.17, 15) is 4.79 Å². The first kappa shape index (κ1) is 10.8. The van der Waals surface area contributed by atoms with Crippen LogP contribution in [0.4, 0.5) is 4.79 Å². The van der Waals surface area contributed by atoms with E-state index < -0.39 is 6.09 Å². The summed E-state index contributed by atoms with van der Waals surface area (Å²) in [4.78, 5) is 14.4. The zero-order valence-electron chi connectivity index (χ0n) is 8.24. The Morgan fingerprint density at radius 1 is 1.36 bits per heavy atom. The zero-order valence-corrected chi connectivity index (χ0v) is 8.24. The summed E-state index contributed by atoms with van der Waals surface area (Å²) in [6.45, 7) is 0.619. The number of aliphatic imine (C=N–C) groups is 1. The van der Waals surface area contributed by atoms with E-state index in [1.54, 1.807) is 0 Å². The number of carbonyl (C=O) groups is 1. The summed E-state index contributed by atoms with van der Waals surface area (Å²) in [5.74, 6) is 1.12. The van der Waals surface area contributed by atoms with Crippen molar-refractivity contribution in [3.63, 3.8) is 0 Å². The van der Waals surface area contributed by atoms with Gasteiger partial charge in [-0.2, -0.15) is 0 Å². The monoisotopic (exact) mass is 199 g/mol. The molecule has 4 N–H and O–H groups in total. The highest BCUT2D eigenvalue weighted by Crippen LogP contribution is 2.24. The Kier molecular flexibility index (Phi) is 4.22. The van der Waals surface area contributed by atoms with Crippen LogP contribution in [-0.2, 0) is 4.74 Å². The largest absolute Gasteiger partial charge is 0.448 e. The Bertz CT molecular complexity index is 222. The molecule has 1 amide bonds. The average molecular weight is 199 g/mol. The number of rotatable bonds is 4. The SMILES string of the molecule is NC(=O)OCCN=C(N)C1CCCC1. The van der Waals surface area contributed by atoms with E-state index >= 15 is 0 Å². The minimum Gasteiger partial charge on any atom is -0.448 e. The number of hydrogen-bond donors (Lipinski definition) is 2. The fraction of sp³-hybridized carbons (Fsp3) is 0.778. The van der Waals surface area contributed by atoms with Gasteiger partial charge in [-0.25, -0.2) is 4.79 Å². The van der Waals surface area contributed by atoms with Gasteiger partial charge in [0.2, 0.25) is 0 Å². The van der Waals surface area contributed by atoms with Crippen LogP contribution in [0.1, 0.15) is 25.7 Å². The van der Waals surface area contributed by atoms with Crippen molar-refractivity contribution in [1.82, 2.24) is 0 Å². The second-order valence-corrected chi connectivity index (χ2v) is 3.46. The molecule has 0 aromatic rings. The molecule has 5 nitrogen and oxygen atoms in total. The molecule has 1 aliphatic carbocycles. The van der Waals surface area contributed by atoms with Crippen molar-refractivity contribution in [2.75, 3.05) is 13.2 Å².